The van der Waals surface area contributed by atoms with Gasteiger partial charge in [0.15, 0.2) is 0 Å². The summed E-state index contributed by atoms with van der Waals surface area (Å²) in [6, 6.07) is 10.9. The third-order valence-electron chi connectivity index (χ3n) is 5.71. The summed E-state index contributed by atoms with van der Waals surface area (Å²) >= 11 is 12.4. The van der Waals surface area contributed by atoms with Gasteiger partial charge in [-0.05, 0) is 62.1 Å². The van der Waals surface area contributed by atoms with E-state index in [1.54, 1.807) is 43.3 Å². The Morgan fingerprint density at radius 3 is 2.29 bits per heavy atom. The lowest BCUT2D eigenvalue weighted by atomic mass is 10.1. The van der Waals surface area contributed by atoms with Gasteiger partial charge in [0.25, 0.3) is 0 Å². The molecule has 2 aromatic rings. The number of sulfonamides is 1. The standard InChI is InChI=1S/C25H33Cl2N3O4S/c1-6-18(4)28-25(32)23(7-2)29(15-19-11-12-20(26)14-22(19)27)24(31)16-30(35(5,33)34)21-10-8-9-17(3)13-21/h8-14,18,23H,6-7,15-16H2,1-5H3,(H,28,32)/t18-,23+/m1/s1. The first-order chi connectivity index (χ1) is 16.4. The molecular weight excluding hydrogens is 509 g/mol. The molecular formula is C25H33Cl2N3O4S. The van der Waals surface area contributed by atoms with Gasteiger partial charge in [-0.25, -0.2) is 8.42 Å². The average Bonchev–Trinajstić information content (AvgIpc) is 2.77. The molecule has 0 aromatic heterocycles. The van der Waals surface area contributed by atoms with E-state index in [1.165, 1.54) is 4.90 Å². The molecule has 0 aliphatic rings. The molecule has 0 heterocycles. The number of carbonyl (C=O) groups is 2. The molecule has 2 rings (SSSR count). The van der Waals surface area contributed by atoms with Crippen LogP contribution in [0.2, 0.25) is 10.0 Å². The minimum atomic E-state index is -3.78. The van der Waals surface area contributed by atoms with Crippen LogP contribution in [-0.2, 0) is 26.2 Å². The highest BCUT2D eigenvalue weighted by Gasteiger charge is 2.32. The molecule has 2 atom stereocenters. The van der Waals surface area contributed by atoms with Gasteiger partial charge in [-0.15, -0.1) is 0 Å². The summed E-state index contributed by atoms with van der Waals surface area (Å²) in [6.45, 7) is 7.05. The molecule has 0 saturated heterocycles. The molecule has 0 fully saturated rings. The monoisotopic (exact) mass is 541 g/mol. The van der Waals surface area contributed by atoms with Crippen molar-refractivity contribution in [2.24, 2.45) is 0 Å². The van der Waals surface area contributed by atoms with Crippen molar-refractivity contribution in [2.75, 3.05) is 17.1 Å². The molecule has 0 bridgehead atoms. The molecule has 0 saturated carbocycles. The molecule has 0 aliphatic carbocycles. The third kappa shape index (κ3) is 8.12. The highest BCUT2D eigenvalue weighted by atomic mass is 35.5. The van der Waals surface area contributed by atoms with E-state index in [0.29, 0.717) is 27.7 Å². The molecule has 0 spiro atoms. The Bertz CT molecular complexity index is 1160. The highest BCUT2D eigenvalue weighted by Crippen LogP contribution is 2.25. The molecule has 7 nitrogen and oxygen atoms in total. The molecule has 0 aliphatic heterocycles. The fourth-order valence-corrected chi connectivity index (χ4v) is 4.90. The Hall–Kier alpha value is -2.29. The van der Waals surface area contributed by atoms with Crippen molar-refractivity contribution in [3.05, 3.63) is 63.6 Å². The van der Waals surface area contributed by atoms with Crippen LogP contribution < -0.4 is 9.62 Å². The lowest BCUT2D eigenvalue weighted by molar-refractivity contribution is -0.140. The smallest absolute Gasteiger partial charge is 0.244 e. The number of amides is 2. The maximum absolute atomic E-state index is 13.7. The van der Waals surface area contributed by atoms with E-state index in [2.05, 4.69) is 5.32 Å². The highest BCUT2D eigenvalue weighted by molar-refractivity contribution is 7.92. The van der Waals surface area contributed by atoms with Crippen LogP contribution in [0.1, 0.15) is 44.7 Å². The Balaban J connectivity index is 2.48. The van der Waals surface area contributed by atoms with E-state index in [1.807, 2.05) is 26.8 Å². The van der Waals surface area contributed by atoms with Gasteiger partial charge in [0.05, 0.1) is 11.9 Å². The number of nitrogens with one attached hydrogen (secondary N) is 1. The average molecular weight is 543 g/mol. The zero-order valence-electron chi connectivity index (χ0n) is 20.7. The van der Waals surface area contributed by atoms with Crippen LogP contribution in [0.25, 0.3) is 0 Å². The zero-order valence-corrected chi connectivity index (χ0v) is 23.0. The van der Waals surface area contributed by atoms with E-state index in [4.69, 9.17) is 23.2 Å². The second kappa shape index (κ2) is 12.6. The van der Waals surface area contributed by atoms with Crippen LogP contribution in [0.4, 0.5) is 5.69 Å². The van der Waals surface area contributed by atoms with Crippen LogP contribution in [-0.4, -0.2) is 50.0 Å². The lowest BCUT2D eigenvalue weighted by Gasteiger charge is -2.33. The fourth-order valence-electron chi connectivity index (χ4n) is 3.59. The van der Waals surface area contributed by atoms with E-state index >= 15 is 0 Å². The molecule has 1 N–H and O–H groups in total. The first-order valence-electron chi connectivity index (χ1n) is 11.5. The molecule has 0 radical (unpaired) electrons. The van der Waals surface area contributed by atoms with Crippen molar-refractivity contribution < 1.29 is 18.0 Å². The van der Waals surface area contributed by atoms with Crippen molar-refractivity contribution >= 4 is 50.7 Å². The first kappa shape index (κ1) is 28.9. The minimum absolute atomic E-state index is 0.0205. The topological polar surface area (TPSA) is 86.8 Å². The van der Waals surface area contributed by atoms with E-state index < -0.39 is 28.5 Å². The Labute approximate surface area is 218 Å². The number of anilines is 1. The second-order valence-corrected chi connectivity index (χ2v) is 11.4. The van der Waals surface area contributed by atoms with E-state index in [9.17, 15) is 18.0 Å². The van der Waals surface area contributed by atoms with Crippen molar-refractivity contribution in [3.8, 4) is 0 Å². The van der Waals surface area contributed by atoms with Crippen molar-refractivity contribution in [2.45, 2.75) is 59.2 Å². The van der Waals surface area contributed by atoms with Crippen molar-refractivity contribution in [1.29, 1.82) is 0 Å². The number of halogens is 2. The largest absolute Gasteiger partial charge is 0.352 e. The van der Waals surface area contributed by atoms with Gasteiger partial charge in [0, 0.05) is 22.6 Å². The summed E-state index contributed by atoms with van der Waals surface area (Å²) in [6.07, 6.45) is 2.12. The molecule has 10 heteroatoms. The van der Waals surface area contributed by atoms with Gasteiger partial charge in [-0.3, -0.25) is 13.9 Å². The lowest BCUT2D eigenvalue weighted by Crippen LogP contribution is -2.53. The van der Waals surface area contributed by atoms with Gasteiger partial charge in [-0.2, -0.15) is 0 Å². The maximum atomic E-state index is 13.7. The summed E-state index contributed by atoms with van der Waals surface area (Å²) in [7, 11) is -3.78. The van der Waals surface area contributed by atoms with Gasteiger partial charge in [-0.1, -0.05) is 55.2 Å². The Morgan fingerprint density at radius 2 is 1.74 bits per heavy atom. The molecule has 2 aromatic carbocycles. The Morgan fingerprint density at radius 1 is 1.06 bits per heavy atom. The molecule has 35 heavy (non-hydrogen) atoms. The second-order valence-electron chi connectivity index (χ2n) is 8.61. The van der Waals surface area contributed by atoms with Gasteiger partial charge in [0.1, 0.15) is 12.6 Å². The van der Waals surface area contributed by atoms with Gasteiger partial charge >= 0.3 is 0 Å². The predicted octanol–water partition coefficient (Wildman–Crippen LogP) is 4.79. The van der Waals surface area contributed by atoms with Crippen LogP contribution in [0.3, 0.4) is 0 Å². The SMILES string of the molecule is CC[C@@H](C)NC(=O)[C@H](CC)N(Cc1ccc(Cl)cc1Cl)C(=O)CN(c1cccc(C)c1)S(C)(=O)=O. The number of hydrogen-bond donors (Lipinski definition) is 1. The van der Waals surface area contributed by atoms with Gasteiger partial charge < -0.3 is 10.2 Å². The molecule has 0 unspecified atom stereocenters. The predicted molar refractivity (Wildman–Crippen MR) is 142 cm³/mol. The summed E-state index contributed by atoms with van der Waals surface area (Å²) in [5.41, 5.74) is 1.83. The molecule has 192 valence electrons. The van der Waals surface area contributed by atoms with Crippen LogP contribution in [0.5, 0.6) is 0 Å². The van der Waals surface area contributed by atoms with Crippen LogP contribution in [0.15, 0.2) is 42.5 Å². The fraction of sp³-hybridized carbons (Fsp3) is 0.440. The van der Waals surface area contributed by atoms with Crippen LogP contribution >= 0.6 is 23.2 Å². The number of nitrogens with zero attached hydrogens (tertiary/aromatic N) is 2. The number of benzene rings is 2. The van der Waals surface area contributed by atoms with Crippen LogP contribution in [0, 0.1) is 6.92 Å². The summed E-state index contributed by atoms with van der Waals surface area (Å²) in [5, 5.41) is 3.73. The number of carbonyl (C=O) groups excluding carboxylic acids is 2. The first-order valence-corrected chi connectivity index (χ1v) is 14.1. The number of rotatable bonds is 11. The van der Waals surface area contributed by atoms with Crippen molar-refractivity contribution in [1.82, 2.24) is 10.2 Å². The summed E-state index contributed by atoms with van der Waals surface area (Å²) in [5.74, 6) is -0.823. The van der Waals surface area contributed by atoms with E-state index in [-0.39, 0.29) is 18.5 Å². The molecule has 2 amide bonds. The quantitative estimate of drug-likeness (QED) is 0.443. The third-order valence-corrected chi connectivity index (χ3v) is 7.44. The summed E-state index contributed by atoms with van der Waals surface area (Å²) < 4.78 is 26.4. The summed E-state index contributed by atoms with van der Waals surface area (Å²) in [4.78, 5) is 28.2. The minimum Gasteiger partial charge on any atom is -0.352 e. The number of hydrogen-bond acceptors (Lipinski definition) is 4. The van der Waals surface area contributed by atoms with Gasteiger partial charge in [0.2, 0.25) is 21.8 Å². The number of aryl methyl sites for hydroxylation is 1. The normalized spacial score (nSPS) is 13.1. The Kier molecular flexibility index (Phi) is 10.4. The van der Waals surface area contributed by atoms with E-state index in [0.717, 1.165) is 22.5 Å². The zero-order chi connectivity index (χ0) is 26.3. The van der Waals surface area contributed by atoms with Crippen molar-refractivity contribution in [3.63, 3.8) is 0 Å². The maximum Gasteiger partial charge on any atom is 0.244 e.